The Bertz CT molecular complexity index is 841. The molecule has 0 aliphatic carbocycles. The van der Waals surface area contributed by atoms with Gasteiger partial charge in [-0.1, -0.05) is 12.1 Å². The number of esters is 1. The Hall–Kier alpha value is -2.88. The molecule has 0 spiro atoms. The number of hydrogen-bond donors (Lipinski definition) is 0. The minimum atomic E-state index is -0.413. The second-order valence-electron chi connectivity index (χ2n) is 5.13. The first kappa shape index (κ1) is 15.0. The summed E-state index contributed by atoms with van der Waals surface area (Å²) in [5.74, 6) is 0.778. The van der Waals surface area contributed by atoms with Gasteiger partial charge in [-0.25, -0.2) is 4.79 Å². The van der Waals surface area contributed by atoms with Crippen LogP contribution in [0.15, 0.2) is 54.7 Å². The van der Waals surface area contributed by atoms with Gasteiger partial charge in [-0.15, -0.1) is 0 Å². The van der Waals surface area contributed by atoms with E-state index in [1.165, 1.54) is 0 Å². The van der Waals surface area contributed by atoms with Crippen molar-refractivity contribution in [2.75, 3.05) is 6.61 Å². The third-order valence-corrected chi connectivity index (χ3v) is 3.55. The van der Waals surface area contributed by atoms with Crippen LogP contribution in [0.5, 0.6) is 11.5 Å². The summed E-state index contributed by atoms with van der Waals surface area (Å²) in [5.41, 5.74) is 2.25. The van der Waals surface area contributed by atoms with Gasteiger partial charge in [0.25, 0.3) is 0 Å². The van der Waals surface area contributed by atoms with Crippen LogP contribution in [0.2, 0.25) is 0 Å². The van der Waals surface area contributed by atoms with Gasteiger partial charge in [0.2, 0.25) is 0 Å². The van der Waals surface area contributed by atoms with Crippen LogP contribution in [-0.4, -0.2) is 17.6 Å². The van der Waals surface area contributed by atoms with Crippen molar-refractivity contribution in [3.63, 3.8) is 0 Å². The summed E-state index contributed by atoms with van der Waals surface area (Å²) in [6, 6.07) is 14.4. The standard InChI is InChI=1S/C19H17NO3/c1-3-22-15-9-7-14(8-10-15)19(21)23-17-11-6-13(2)16-5-4-12-20-18(16)17/h4-12H,3H2,1-2H3. The zero-order chi connectivity index (χ0) is 16.2. The molecule has 4 heteroatoms. The summed E-state index contributed by atoms with van der Waals surface area (Å²) in [4.78, 5) is 16.7. The molecule has 0 aliphatic heterocycles. The van der Waals surface area contributed by atoms with E-state index in [-0.39, 0.29) is 0 Å². The van der Waals surface area contributed by atoms with Crippen molar-refractivity contribution in [2.45, 2.75) is 13.8 Å². The Morgan fingerprint density at radius 1 is 1.09 bits per heavy atom. The summed E-state index contributed by atoms with van der Waals surface area (Å²) in [6.45, 7) is 4.50. The Labute approximate surface area is 134 Å². The number of benzene rings is 2. The average molecular weight is 307 g/mol. The number of rotatable bonds is 4. The predicted octanol–water partition coefficient (Wildman–Crippen LogP) is 4.16. The van der Waals surface area contributed by atoms with Crippen LogP contribution < -0.4 is 9.47 Å². The van der Waals surface area contributed by atoms with Gasteiger partial charge in [0, 0.05) is 11.6 Å². The van der Waals surface area contributed by atoms with E-state index in [1.807, 2.05) is 32.0 Å². The van der Waals surface area contributed by atoms with Crippen molar-refractivity contribution in [3.05, 3.63) is 65.9 Å². The zero-order valence-corrected chi connectivity index (χ0v) is 13.1. The number of carbonyl (C=O) groups is 1. The molecule has 0 bridgehead atoms. The van der Waals surface area contributed by atoms with E-state index in [0.29, 0.717) is 23.4 Å². The second-order valence-corrected chi connectivity index (χ2v) is 5.13. The number of hydrogen-bond acceptors (Lipinski definition) is 4. The molecule has 0 fully saturated rings. The third-order valence-electron chi connectivity index (χ3n) is 3.55. The van der Waals surface area contributed by atoms with Crippen molar-refractivity contribution >= 4 is 16.9 Å². The van der Waals surface area contributed by atoms with E-state index in [2.05, 4.69) is 4.98 Å². The van der Waals surface area contributed by atoms with Crippen LogP contribution in [0.1, 0.15) is 22.8 Å². The fraction of sp³-hybridized carbons (Fsp3) is 0.158. The first-order chi connectivity index (χ1) is 11.2. The predicted molar refractivity (Wildman–Crippen MR) is 89.0 cm³/mol. The Morgan fingerprint density at radius 3 is 2.61 bits per heavy atom. The van der Waals surface area contributed by atoms with E-state index in [4.69, 9.17) is 9.47 Å². The topological polar surface area (TPSA) is 48.4 Å². The van der Waals surface area contributed by atoms with Crippen molar-refractivity contribution in [1.82, 2.24) is 4.98 Å². The van der Waals surface area contributed by atoms with Crippen molar-refractivity contribution in [2.24, 2.45) is 0 Å². The average Bonchev–Trinajstić information content (AvgIpc) is 2.58. The molecule has 0 saturated heterocycles. The Balaban J connectivity index is 1.87. The van der Waals surface area contributed by atoms with E-state index < -0.39 is 5.97 Å². The number of nitrogens with zero attached hydrogens (tertiary/aromatic N) is 1. The monoisotopic (exact) mass is 307 g/mol. The second kappa shape index (κ2) is 6.48. The van der Waals surface area contributed by atoms with Crippen molar-refractivity contribution in [3.8, 4) is 11.5 Å². The Morgan fingerprint density at radius 2 is 1.87 bits per heavy atom. The number of aromatic nitrogens is 1. The molecule has 0 saturated carbocycles. The highest BCUT2D eigenvalue weighted by atomic mass is 16.5. The van der Waals surface area contributed by atoms with E-state index >= 15 is 0 Å². The molecule has 3 aromatic rings. The van der Waals surface area contributed by atoms with Gasteiger partial charge in [-0.3, -0.25) is 4.98 Å². The number of aryl methyl sites for hydroxylation is 1. The summed E-state index contributed by atoms with van der Waals surface area (Å²) < 4.78 is 10.9. The highest BCUT2D eigenvalue weighted by molar-refractivity contribution is 5.95. The van der Waals surface area contributed by atoms with Crippen LogP contribution >= 0.6 is 0 Å². The van der Waals surface area contributed by atoms with Crippen LogP contribution in [0.3, 0.4) is 0 Å². The maximum Gasteiger partial charge on any atom is 0.343 e. The van der Waals surface area contributed by atoms with Gasteiger partial charge in [-0.05, 0) is 55.8 Å². The fourth-order valence-corrected chi connectivity index (χ4v) is 2.38. The fourth-order valence-electron chi connectivity index (χ4n) is 2.38. The van der Waals surface area contributed by atoms with Crippen LogP contribution in [0, 0.1) is 6.92 Å². The van der Waals surface area contributed by atoms with Gasteiger partial charge in [0.05, 0.1) is 12.2 Å². The number of carbonyl (C=O) groups excluding carboxylic acids is 1. The van der Waals surface area contributed by atoms with E-state index in [0.717, 1.165) is 16.7 Å². The first-order valence-electron chi connectivity index (χ1n) is 7.48. The molecule has 1 heterocycles. The molecule has 116 valence electrons. The first-order valence-corrected chi connectivity index (χ1v) is 7.48. The number of fused-ring (bicyclic) bond motifs is 1. The third kappa shape index (κ3) is 3.16. The lowest BCUT2D eigenvalue weighted by Crippen LogP contribution is -2.09. The highest BCUT2D eigenvalue weighted by Gasteiger charge is 2.12. The summed E-state index contributed by atoms with van der Waals surface area (Å²) in [5, 5.41) is 0.976. The molecular formula is C19H17NO3. The summed E-state index contributed by atoms with van der Waals surface area (Å²) in [7, 11) is 0. The van der Waals surface area contributed by atoms with Crippen LogP contribution in [-0.2, 0) is 0 Å². The number of pyridine rings is 1. The van der Waals surface area contributed by atoms with Crippen molar-refractivity contribution in [1.29, 1.82) is 0 Å². The van der Waals surface area contributed by atoms with Gasteiger partial charge >= 0.3 is 5.97 Å². The molecule has 3 rings (SSSR count). The van der Waals surface area contributed by atoms with Crippen molar-refractivity contribution < 1.29 is 14.3 Å². The minimum absolute atomic E-state index is 0.413. The Kier molecular flexibility index (Phi) is 4.24. The van der Waals surface area contributed by atoms with Gasteiger partial charge in [0.15, 0.2) is 5.75 Å². The molecule has 0 unspecified atom stereocenters. The van der Waals surface area contributed by atoms with E-state index in [9.17, 15) is 4.79 Å². The molecule has 2 aromatic carbocycles. The highest BCUT2D eigenvalue weighted by Crippen LogP contribution is 2.27. The van der Waals surface area contributed by atoms with Crippen LogP contribution in [0.25, 0.3) is 10.9 Å². The lowest BCUT2D eigenvalue weighted by molar-refractivity contribution is 0.0736. The molecule has 0 N–H and O–H groups in total. The normalized spacial score (nSPS) is 10.5. The summed E-state index contributed by atoms with van der Waals surface area (Å²) >= 11 is 0. The zero-order valence-electron chi connectivity index (χ0n) is 13.1. The lowest BCUT2D eigenvalue weighted by atomic mass is 10.1. The van der Waals surface area contributed by atoms with Gasteiger partial charge in [0.1, 0.15) is 11.3 Å². The maximum absolute atomic E-state index is 12.3. The molecule has 0 atom stereocenters. The van der Waals surface area contributed by atoms with Crippen LogP contribution in [0.4, 0.5) is 0 Å². The SMILES string of the molecule is CCOc1ccc(C(=O)Oc2ccc(C)c3cccnc23)cc1. The molecule has 0 aliphatic rings. The smallest absolute Gasteiger partial charge is 0.343 e. The molecule has 0 radical (unpaired) electrons. The maximum atomic E-state index is 12.3. The molecule has 4 nitrogen and oxygen atoms in total. The van der Waals surface area contributed by atoms with Gasteiger partial charge < -0.3 is 9.47 Å². The molecular weight excluding hydrogens is 290 g/mol. The van der Waals surface area contributed by atoms with Gasteiger partial charge in [-0.2, -0.15) is 0 Å². The minimum Gasteiger partial charge on any atom is -0.494 e. The summed E-state index contributed by atoms with van der Waals surface area (Å²) in [6.07, 6.45) is 1.69. The largest absolute Gasteiger partial charge is 0.494 e. The molecule has 23 heavy (non-hydrogen) atoms. The molecule has 0 amide bonds. The molecule has 1 aromatic heterocycles. The quantitative estimate of drug-likeness (QED) is 0.536. The number of ether oxygens (including phenoxy) is 2. The lowest BCUT2D eigenvalue weighted by Gasteiger charge is -2.09. The van der Waals surface area contributed by atoms with E-state index in [1.54, 1.807) is 36.5 Å².